The zero-order valence-electron chi connectivity index (χ0n) is 7.20. The molecule has 0 saturated heterocycles. The van der Waals surface area contributed by atoms with E-state index in [4.69, 9.17) is 5.11 Å². The minimum atomic E-state index is -2.78. The number of methoxy groups -OCH3 is 1. The number of carboxylic acid groups (broad SMARTS) is 1. The van der Waals surface area contributed by atoms with Crippen LogP contribution in [-0.2, 0) is 0 Å². The van der Waals surface area contributed by atoms with Crippen molar-refractivity contribution in [3.63, 3.8) is 0 Å². The lowest BCUT2D eigenvalue weighted by Gasteiger charge is -2.06. The number of aromatic nitrogens is 1. The molecule has 1 rings (SSSR count). The summed E-state index contributed by atoms with van der Waals surface area (Å²) in [5, 5.41) is 8.55. The molecule has 4 nitrogen and oxygen atoms in total. The molecule has 14 heavy (non-hydrogen) atoms. The van der Waals surface area contributed by atoms with Crippen molar-refractivity contribution < 1.29 is 23.4 Å². The molecule has 1 N–H and O–H groups in total. The highest BCUT2D eigenvalue weighted by Gasteiger charge is 2.17. The minimum absolute atomic E-state index is 0.189. The molecule has 0 atom stereocenters. The number of ether oxygens (including phenoxy) is 1. The average molecular weight is 203 g/mol. The van der Waals surface area contributed by atoms with Crippen LogP contribution in [0.5, 0.6) is 5.75 Å². The molecule has 0 fully saturated rings. The molecule has 0 spiro atoms. The predicted molar refractivity (Wildman–Crippen MR) is 42.7 cm³/mol. The molecule has 0 aliphatic carbocycles. The Morgan fingerprint density at radius 1 is 1.64 bits per heavy atom. The Hall–Kier alpha value is -1.72. The second-order valence-electron chi connectivity index (χ2n) is 2.42. The quantitative estimate of drug-likeness (QED) is 0.812. The molecule has 0 amide bonds. The van der Waals surface area contributed by atoms with Gasteiger partial charge in [0.2, 0.25) is 0 Å². The summed E-state index contributed by atoms with van der Waals surface area (Å²) in [5.74, 6) is -1.46. The van der Waals surface area contributed by atoms with Crippen LogP contribution in [0.15, 0.2) is 12.3 Å². The number of carbonyl (C=O) groups is 1. The summed E-state index contributed by atoms with van der Waals surface area (Å²) < 4.78 is 29.1. The molecule has 1 heterocycles. The van der Waals surface area contributed by atoms with Crippen molar-refractivity contribution in [2.24, 2.45) is 0 Å². The Morgan fingerprint density at radius 3 is 2.71 bits per heavy atom. The van der Waals surface area contributed by atoms with Gasteiger partial charge in [0.1, 0.15) is 11.4 Å². The van der Waals surface area contributed by atoms with Gasteiger partial charge < -0.3 is 9.84 Å². The van der Waals surface area contributed by atoms with Crippen molar-refractivity contribution in [2.45, 2.75) is 6.43 Å². The number of aromatic carboxylic acids is 1. The molecule has 0 unspecified atom stereocenters. The molecular weight excluding hydrogens is 196 g/mol. The number of alkyl halides is 2. The number of rotatable bonds is 3. The van der Waals surface area contributed by atoms with Gasteiger partial charge in [0.25, 0.3) is 6.43 Å². The fraction of sp³-hybridized carbons (Fsp3) is 0.250. The van der Waals surface area contributed by atoms with Crippen LogP contribution in [0.4, 0.5) is 8.78 Å². The number of halogens is 2. The molecule has 0 aliphatic heterocycles. The number of carboxylic acids is 1. The van der Waals surface area contributed by atoms with Crippen LogP contribution < -0.4 is 4.74 Å². The lowest BCUT2D eigenvalue weighted by atomic mass is 10.2. The summed E-state index contributed by atoms with van der Waals surface area (Å²) in [7, 11) is 1.18. The summed E-state index contributed by atoms with van der Waals surface area (Å²) in [6.45, 7) is 0. The van der Waals surface area contributed by atoms with E-state index in [1.165, 1.54) is 7.11 Å². The molecule has 76 valence electrons. The summed E-state index contributed by atoms with van der Waals surface area (Å²) in [6, 6.07) is 1.01. The van der Waals surface area contributed by atoms with E-state index in [1.54, 1.807) is 0 Å². The zero-order valence-corrected chi connectivity index (χ0v) is 7.20. The third kappa shape index (κ3) is 1.95. The molecule has 0 aliphatic rings. The SMILES string of the molecule is COc1cc(C(=O)O)cnc1C(F)F. The van der Waals surface area contributed by atoms with Gasteiger partial charge in [-0.2, -0.15) is 0 Å². The van der Waals surface area contributed by atoms with Crippen molar-refractivity contribution in [2.75, 3.05) is 7.11 Å². The fourth-order valence-corrected chi connectivity index (χ4v) is 0.899. The maximum absolute atomic E-state index is 12.3. The van der Waals surface area contributed by atoms with E-state index in [2.05, 4.69) is 9.72 Å². The van der Waals surface area contributed by atoms with Gasteiger partial charge in [0.05, 0.1) is 12.7 Å². The highest BCUT2D eigenvalue weighted by atomic mass is 19.3. The third-order valence-corrected chi connectivity index (χ3v) is 1.56. The zero-order chi connectivity index (χ0) is 10.7. The topological polar surface area (TPSA) is 59.4 Å². The van der Waals surface area contributed by atoms with Gasteiger partial charge in [-0.15, -0.1) is 0 Å². The average Bonchev–Trinajstić information content (AvgIpc) is 2.16. The Bertz CT molecular complexity index is 354. The largest absolute Gasteiger partial charge is 0.495 e. The maximum atomic E-state index is 12.3. The molecule has 1 aromatic heterocycles. The third-order valence-electron chi connectivity index (χ3n) is 1.56. The summed E-state index contributed by atoms with van der Waals surface area (Å²) >= 11 is 0. The van der Waals surface area contributed by atoms with Gasteiger partial charge in [0.15, 0.2) is 0 Å². The van der Waals surface area contributed by atoms with Gasteiger partial charge in [0, 0.05) is 6.20 Å². The van der Waals surface area contributed by atoms with E-state index in [1.807, 2.05) is 0 Å². The summed E-state index contributed by atoms with van der Waals surface area (Å²) in [5.41, 5.74) is -0.747. The van der Waals surface area contributed by atoms with Crippen molar-refractivity contribution in [3.8, 4) is 5.75 Å². The Kier molecular flexibility index (Phi) is 2.95. The predicted octanol–water partition coefficient (Wildman–Crippen LogP) is 1.73. The summed E-state index contributed by atoms with van der Waals surface area (Å²) in [4.78, 5) is 13.8. The Labute approximate surface area is 78.1 Å². The number of nitrogens with zero attached hydrogens (tertiary/aromatic N) is 1. The summed E-state index contributed by atoms with van der Waals surface area (Å²) in [6.07, 6.45) is -1.92. The van der Waals surface area contributed by atoms with Crippen LogP contribution in [0.25, 0.3) is 0 Å². The van der Waals surface area contributed by atoms with Crippen LogP contribution >= 0.6 is 0 Å². The first-order valence-corrected chi connectivity index (χ1v) is 3.61. The van der Waals surface area contributed by atoms with Crippen LogP contribution in [0.2, 0.25) is 0 Å². The number of hydrogen-bond donors (Lipinski definition) is 1. The molecule has 0 saturated carbocycles. The first-order chi connectivity index (χ1) is 6.56. The van der Waals surface area contributed by atoms with Crippen LogP contribution in [-0.4, -0.2) is 23.2 Å². The van der Waals surface area contributed by atoms with Gasteiger partial charge in [-0.25, -0.2) is 13.6 Å². The molecular formula is C8H7F2NO3. The highest BCUT2D eigenvalue weighted by molar-refractivity contribution is 5.87. The number of pyridine rings is 1. The van der Waals surface area contributed by atoms with Crippen molar-refractivity contribution >= 4 is 5.97 Å². The van der Waals surface area contributed by atoms with Gasteiger partial charge >= 0.3 is 5.97 Å². The highest BCUT2D eigenvalue weighted by Crippen LogP contribution is 2.27. The lowest BCUT2D eigenvalue weighted by molar-refractivity contribution is 0.0695. The minimum Gasteiger partial charge on any atom is -0.495 e. The van der Waals surface area contributed by atoms with Crippen molar-refractivity contribution in [3.05, 3.63) is 23.5 Å². The normalized spacial score (nSPS) is 10.3. The number of hydrogen-bond acceptors (Lipinski definition) is 3. The van der Waals surface area contributed by atoms with Crippen LogP contribution in [0, 0.1) is 0 Å². The first kappa shape index (κ1) is 10.4. The first-order valence-electron chi connectivity index (χ1n) is 3.61. The van der Waals surface area contributed by atoms with Crippen molar-refractivity contribution in [1.29, 1.82) is 0 Å². The second-order valence-corrected chi connectivity index (χ2v) is 2.42. The van der Waals surface area contributed by atoms with E-state index >= 15 is 0 Å². The van der Waals surface area contributed by atoms with Gasteiger partial charge in [-0.3, -0.25) is 4.98 Å². The Balaban J connectivity index is 3.18. The van der Waals surface area contributed by atoms with Crippen LogP contribution in [0.3, 0.4) is 0 Å². The smallest absolute Gasteiger partial charge is 0.337 e. The van der Waals surface area contributed by atoms with Crippen molar-refractivity contribution in [1.82, 2.24) is 4.98 Å². The molecule has 0 bridgehead atoms. The second kappa shape index (κ2) is 3.99. The van der Waals surface area contributed by atoms with E-state index in [9.17, 15) is 13.6 Å². The monoisotopic (exact) mass is 203 g/mol. The molecule has 6 heteroatoms. The van der Waals surface area contributed by atoms with E-state index in [0.29, 0.717) is 0 Å². The molecule has 0 radical (unpaired) electrons. The van der Waals surface area contributed by atoms with Gasteiger partial charge in [-0.1, -0.05) is 0 Å². The molecule has 1 aromatic rings. The lowest BCUT2D eigenvalue weighted by Crippen LogP contribution is -2.02. The van der Waals surface area contributed by atoms with E-state index in [-0.39, 0.29) is 11.3 Å². The van der Waals surface area contributed by atoms with Gasteiger partial charge in [-0.05, 0) is 6.07 Å². The van der Waals surface area contributed by atoms with E-state index < -0.39 is 18.1 Å². The standard InChI is InChI=1S/C8H7F2NO3/c1-14-5-2-4(8(12)13)3-11-6(5)7(9)10/h2-3,7H,1H3,(H,12,13). The Morgan fingerprint density at radius 2 is 2.29 bits per heavy atom. The fourth-order valence-electron chi connectivity index (χ4n) is 0.899. The van der Waals surface area contributed by atoms with Crippen LogP contribution in [0.1, 0.15) is 22.5 Å². The van der Waals surface area contributed by atoms with E-state index in [0.717, 1.165) is 12.3 Å². The maximum Gasteiger partial charge on any atom is 0.337 e. The molecule has 0 aromatic carbocycles.